The summed E-state index contributed by atoms with van der Waals surface area (Å²) in [6.45, 7) is 5.92. The first kappa shape index (κ1) is 18.0. The van der Waals surface area contributed by atoms with Gasteiger partial charge in [-0.25, -0.2) is 0 Å². The van der Waals surface area contributed by atoms with Crippen LogP contribution >= 0.6 is 0 Å². The summed E-state index contributed by atoms with van der Waals surface area (Å²) in [5.74, 6) is -0.0793. The summed E-state index contributed by atoms with van der Waals surface area (Å²) >= 11 is 0. The molecule has 1 aromatic carbocycles. The Bertz CT molecular complexity index is 639. The number of methoxy groups -OCH3 is 1. The monoisotopic (exact) mass is 349 g/mol. The normalized spacial score (nSPS) is 24.6. The number of nitrogens with one attached hydrogen (secondary N) is 1. The molecule has 6 nitrogen and oxygen atoms in total. The van der Waals surface area contributed by atoms with Crippen LogP contribution in [0.25, 0.3) is 0 Å². The van der Waals surface area contributed by atoms with E-state index in [0.717, 1.165) is 24.8 Å². The Morgan fingerprint density at radius 2 is 2.12 bits per heavy atom. The summed E-state index contributed by atoms with van der Waals surface area (Å²) in [7, 11) is 1.48. The number of hydrogen-bond acceptors (Lipinski definition) is 5. The minimum absolute atomic E-state index is 0.0337. The molecule has 6 heteroatoms. The molecule has 2 fully saturated rings. The van der Waals surface area contributed by atoms with E-state index in [2.05, 4.69) is 5.32 Å². The first-order valence-corrected chi connectivity index (χ1v) is 8.89. The average Bonchev–Trinajstić information content (AvgIpc) is 2.63. The third kappa shape index (κ3) is 3.20. The van der Waals surface area contributed by atoms with Crippen molar-refractivity contribution in [2.45, 2.75) is 45.3 Å². The van der Waals surface area contributed by atoms with Gasteiger partial charge in [0.2, 0.25) is 0 Å². The van der Waals surface area contributed by atoms with Gasteiger partial charge in [0.15, 0.2) is 11.5 Å². The maximum absolute atomic E-state index is 12.8. The van der Waals surface area contributed by atoms with Crippen molar-refractivity contribution in [3.63, 3.8) is 0 Å². The van der Waals surface area contributed by atoms with Gasteiger partial charge in [-0.3, -0.25) is 4.79 Å². The number of amides is 1. The van der Waals surface area contributed by atoms with E-state index in [9.17, 15) is 9.90 Å². The molecule has 0 aromatic heterocycles. The van der Waals surface area contributed by atoms with Gasteiger partial charge in [0.25, 0.3) is 5.91 Å². The summed E-state index contributed by atoms with van der Waals surface area (Å²) in [5.41, 5.74) is 1.05. The second-order valence-electron chi connectivity index (χ2n) is 6.91. The summed E-state index contributed by atoms with van der Waals surface area (Å²) < 4.78 is 16.6. The van der Waals surface area contributed by atoms with Gasteiger partial charge < -0.3 is 24.6 Å². The zero-order valence-corrected chi connectivity index (χ0v) is 15.1. The van der Waals surface area contributed by atoms with Gasteiger partial charge in [0.05, 0.1) is 18.8 Å². The lowest BCUT2D eigenvalue weighted by molar-refractivity contribution is -0.170. The van der Waals surface area contributed by atoms with Crippen molar-refractivity contribution < 1.29 is 24.1 Å². The number of rotatable bonds is 5. The first-order valence-electron chi connectivity index (χ1n) is 8.89. The van der Waals surface area contributed by atoms with Gasteiger partial charge in [-0.2, -0.15) is 0 Å². The Morgan fingerprint density at radius 3 is 2.76 bits per heavy atom. The predicted molar refractivity (Wildman–Crippen MR) is 93.2 cm³/mol. The highest BCUT2D eigenvalue weighted by Crippen LogP contribution is 2.50. The average molecular weight is 349 g/mol. The van der Waals surface area contributed by atoms with Crippen molar-refractivity contribution in [3.05, 3.63) is 23.3 Å². The molecule has 1 heterocycles. The second kappa shape index (κ2) is 7.22. The number of benzene rings is 1. The molecule has 2 aliphatic rings. The van der Waals surface area contributed by atoms with E-state index >= 15 is 0 Å². The van der Waals surface area contributed by atoms with Crippen molar-refractivity contribution >= 4 is 5.91 Å². The fourth-order valence-electron chi connectivity index (χ4n) is 4.12. The minimum Gasteiger partial charge on any atom is -0.504 e. The second-order valence-corrected chi connectivity index (χ2v) is 6.91. The molecule has 0 bridgehead atoms. The third-order valence-corrected chi connectivity index (χ3v) is 5.57. The van der Waals surface area contributed by atoms with Crippen LogP contribution in [0.3, 0.4) is 0 Å². The van der Waals surface area contributed by atoms with Gasteiger partial charge >= 0.3 is 0 Å². The van der Waals surface area contributed by atoms with E-state index in [-0.39, 0.29) is 34.8 Å². The quantitative estimate of drug-likeness (QED) is 0.854. The number of carbonyl (C=O) groups excluding carboxylic acids is 1. The fourth-order valence-corrected chi connectivity index (χ4v) is 4.12. The Hall–Kier alpha value is -1.79. The zero-order chi connectivity index (χ0) is 18.0. The van der Waals surface area contributed by atoms with Crippen LogP contribution in [0.5, 0.6) is 11.5 Å². The van der Waals surface area contributed by atoms with Gasteiger partial charge in [-0.1, -0.05) is 0 Å². The van der Waals surface area contributed by atoms with Crippen molar-refractivity contribution in [2.75, 3.05) is 26.9 Å². The SMILES string of the molecule is CCOC1CC(NC(=O)c2cc(C)cc(OC)c2O)C12CCOCC2. The number of hydrogen-bond donors (Lipinski definition) is 2. The summed E-state index contributed by atoms with van der Waals surface area (Å²) in [4.78, 5) is 12.8. The molecule has 0 radical (unpaired) electrons. The Balaban J connectivity index is 1.78. The van der Waals surface area contributed by atoms with E-state index in [4.69, 9.17) is 14.2 Å². The lowest BCUT2D eigenvalue weighted by Crippen LogP contribution is -2.66. The standard InChI is InChI=1S/C19H27NO5/c1-4-25-16-11-15(19(16)5-7-24-8-6-19)20-18(22)13-9-12(2)10-14(23-3)17(13)21/h9-10,15-16,21H,4-8,11H2,1-3H3,(H,20,22). The number of aryl methyl sites for hydroxylation is 1. The highest BCUT2D eigenvalue weighted by atomic mass is 16.5. The molecule has 2 N–H and O–H groups in total. The molecule has 3 rings (SSSR count). The third-order valence-electron chi connectivity index (χ3n) is 5.57. The number of phenols is 1. The zero-order valence-electron chi connectivity index (χ0n) is 15.1. The van der Waals surface area contributed by atoms with Crippen LogP contribution in [0.1, 0.15) is 42.1 Å². The Labute approximate surface area is 148 Å². The Morgan fingerprint density at radius 1 is 1.40 bits per heavy atom. The van der Waals surface area contributed by atoms with Gasteiger partial charge in [-0.15, -0.1) is 0 Å². The maximum atomic E-state index is 12.8. The minimum atomic E-state index is -0.273. The van der Waals surface area contributed by atoms with Crippen LogP contribution in [0.2, 0.25) is 0 Å². The van der Waals surface area contributed by atoms with Gasteiger partial charge in [-0.05, 0) is 50.8 Å². The molecular formula is C19H27NO5. The maximum Gasteiger partial charge on any atom is 0.255 e. The van der Waals surface area contributed by atoms with Crippen LogP contribution in [-0.2, 0) is 9.47 Å². The molecule has 138 valence electrons. The van der Waals surface area contributed by atoms with Crippen LogP contribution in [0.4, 0.5) is 0 Å². The summed E-state index contributed by atoms with van der Waals surface area (Å²) in [5, 5.41) is 13.4. The number of phenolic OH excluding ortho intramolecular Hbond substituents is 1. The molecular weight excluding hydrogens is 322 g/mol. The lowest BCUT2D eigenvalue weighted by Gasteiger charge is -2.57. The Kier molecular flexibility index (Phi) is 5.20. The van der Waals surface area contributed by atoms with Crippen molar-refractivity contribution in [3.8, 4) is 11.5 Å². The largest absolute Gasteiger partial charge is 0.504 e. The van der Waals surface area contributed by atoms with Crippen LogP contribution < -0.4 is 10.1 Å². The first-order chi connectivity index (χ1) is 12.0. The summed E-state index contributed by atoms with van der Waals surface area (Å²) in [6, 6.07) is 3.43. The molecule has 25 heavy (non-hydrogen) atoms. The van der Waals surface area contributed by atoms with E-state index in [1.807, 2.05) is 13.8 Å². The lowest BCUT2D eigenvalue weighted by atomic mass is 9.57. The molecule has 1 aliphatic heterocycles. The van der Waals surface area contributed by atoms with Gasteiger partial charge in [0, 0.05) is 31.3 Å². The summed E-state index contributed by atoms with van der Waals surface area (Å²) in [6.07, 6.45) is 2.72. The van der Waals surface area contributed by atoms with E-state index < -0.39 is 0 Å². The smallest absolute Gasteiger partial charge is 0.255 e. The van der Waals surface area contributed by atoms with Crippen molar-refractivity contribution in [2.24, 2.45) is 5.41 Å². The molecule has 2 atom stereocenters. The highest BCUT2D eigenvalue weighted by Gasteiger charge is 2.56. The molecule has 1 aliphatic carbocycles. The molecule has 1 saturated heterocycles. The number of aromatic hydroxyl groups is 1. The number of ether oxygens (including phenoxy) is 3. The van der Waals surface area contributed by atoms with E-state index in [1.165, 1.54) is 7.11 Å². The molecule has 2 unspecified atom stereocenters. The number of carbonyl (C=O) groups is 1. The molecule has 1 aromatic rings. The van der Waals surface area contributed by atoms with Gasteiger partial charge in [0.1, 0.15) is 0 Å². The molecule has 1 saturated carbocycles. The topological polar surface area (TPSA) is 77.0 Å². The fraction of sp³-hybridized carbons (Fsp3) is 0.632. The predicted octanol–water partition coefficient (Wildman–Crippen LogP) is 2.41. The van der Waals surface area contributed by atoms with E-state index in [1.54, 1.807) is 12.1 Å². The molecule has 1 amide bonds. The van der Waals surface area contributed by atoms with E-state index in [0.29, 0.717) is 25.6 Å². The van der Waals surface area contributed by atoms with Crippen molar-refractivity contribution in [1.82, 2.24) is 5.32 Å². The molecule has 1 spiro atoms. The van der Waals surface area contributed by atoms with Crippen molar-refractivity contribution in [1.29, 1.82) is 0 Å². The highest BCUT2D eigenvalue weighted by molar-refractivity contribution is 5.98. The van der Waals surface area contributed by atoms with Crippen LogP contribution in [0, 0.1) is 12.3 Å². The van der Waals surface area contributed by atoms with Crippen LogP contribution in [-0.4, -0.2) is 50.1 Å². The van der Waals surface area contributed by atoms with Crippen LogP contribution in [0.15, 0.2) is 12.1 Å².